The first kappa shape index (κ1) is 17.9. The summed E-state index contributed by atoms with van der Waals surface area (Å²) in [6.07, 6.45) is -0.0574. The normalized spacial score (nSPS) is 17.9. The minimum Gasteiger partial charge on any atom is -0.358 e. The van der Waals surface area contributed by atoms with Crippen LogP contribution in [0.2, 0.25) is 0 Å². The molecular weight excluding hydrogens is 315 g/mol. The Morgan fingerprint density at radius 3 is 2.88 bits per heavy atom. The van der Waals surface area contributed by atoms with Crippen LogP contribution in [0.15, 0.2) is 24.3 Å². The lowest BCUT2D eigenvalue weighted by Crippen LogP contribution is -2.56. The summed E-state index contributed by atoms with van der Waals surface area (Å²) in [5.41, 5.74) is 0.737. The van der Waals surface area contributed by atoms with Crippen molar-refractivity contribution in [2.75, 3.05) is 26.7 Å². The fourth-order valence-electron chi connectivity index (χ4n) is 2.56. The van der Waals surface area contributed by atoms with E-state index in [1.54, 1.807) is 12.1 Å². The molecule has 0 aromatic heterocycles. The molecule has 1 atom stereocenters. The molecule has 0 bridgehead atoms. The van der Waals surface area contributed by atoms with Crippen LogP contribution in [0.1, 0.15) is 12.0 Å². The Kier molecular flexibility index (Phi) is 6.25. The first-order valence-corrected chi connectivity index (χ1v) is 7.73. The van der Waals surface area contributed by atoms with E-state index < -0.39 is 6.04 Å². The van der Waals surface area contributed by atoms with Crippen LogP contribution in [0.4, 0.5) is 4.39 Å². The number of piperazine rings is 1. The van der Waals surface area contributed by atoms with Gasteiger partial charge in [-0.3, -0.25) is 19.3 Å². The maximum absolute atomic E-state index is 13.3. The van der Waals surface area contributed by atoms with Crippen LogP contribution in [0.5, 0.6) is 0 Å². The van der Waals surface area contributed by atoms with Crippen LogP contribution >= 0.6 is 0 Å². The summed E-state index contributed by atoms with van der Waals surface area (Å²) in [7, 11) is 1.48. The summed E-state index contributed by atoms with van der Waals surface area (Å²) in [4.78, 5) is 37.1. The molecule has 1 aliphatic rings. The average molecular weight is 336 g/mol. The minimum atomic E-state index is -0.647. The van der Waals surface area contributed by atoms with E-state index in [0.29, 0.717) is 19.6 Å². The number of nitrogens with zero attached hydrogens (tertiary/aromatic N) is 1. The number of hydrogen-bond acceptors (Lipinski definition) is 4. The zero-order valence-electron chi connectivity index (χ0n) is 13.5. The molecule has 7 nitrogen and oxygen atoms in total. The molecule has 24 heavy (non-hydrogen) atoms. The second-order valence-electron chi connectivity index (χ2n) is 5.56. The molecule has 3 amide bonds. The van der Waals surface area contributed by atoms with Gasteiger partial charge in [-0.05, 0) is 17.7 Å². The smallest absolute Gasteiger partial charge is 0.239 e. The number of rotatable bonds is 6. The number of likely N-dealkylation sites (N-methyl/N-ethyl adjacent to an activating group) is 1. The van der Waals surface area contributed by atoms with Crippen molar-refractivity contribution in [3.63, 3.8) is 0 Å². The third-order valence-electron chi connectivity index (χ3n) is 3.82. The summed E-state index contributed by atoms with van der Waals surface area (Å²) < 4.78 is 13.3. The quantitative estimate of drug-likeness (QED) is 0.646. The highest BCUT2D eigenvalue weighted by molar-refractivity contribution is 5.90. The average Bonchev–Trinajstić information content (AvgIpc) is 2.56. The standard InChI is InChI=1S/C16H21FN4O3/c1-18-15(23)9-20-14(22)8-13-16(24)19-5-6-21(13)10-11-3-2-4-12(17)7-11/h2-4,7,13H,5-6,8-10H2,1H3,(H,18,23)(H,19,24)(H,20,22)/t13-/m0/s1. The summed E-state index contributed by atoms with van der Waals surface area (Å²) in [6.45, 7) is 1.28. The van der Waals surface area contributed by atoms with Crippen molar-refractivity contribution in [2.24, 2.45) is 0 Å². The Morgan fingerprint density at radius 2 is 2.17 bits per heavy atom. The lowest BCUT2D eigenvalue weighted by atomic mass is 10.1. The van der Waals surface area contributed by atoms with Gasteiger partial charge in [0.05, 0.1) is 19.0 Å². The highest BCUT2D eigenvalue weighted by Gasteiger charge is 2.31. The predicted molar refractivity (Wildman–Crippen MR) is 85.3 cm³/mol. The van der Waals surface area contributed by atoms with Crippen molar-refractivity contribution in [3.05, 3.63) is 35.6 Å². The minimum absolute atomic E-state index is 0.0574. The van der Waals surface area contributed by atoms with Gasteiger partial charge < -0.3 is 16.0 Å². The van der Waals surface area contributed by atoms with Crippen molar-refractivity contribution in [3.8, 4) is 0 Å². The van der Waals surface area contributed by atoms with E-state index >= 15 is 0 Å². The molecule has 0 radical (unpaired) electrons. The van der Waals surface area contributed by atoms with Gasteiger partial charge in [-0.1, -0.05) is 12.1 Å². The highest BCUT2D eigenvalue weighted by atomic mass is 19.1. The molecule has 0 aliphatic carbocycles. The number of benzene rings is 1. The molecule has 0 saturated carbocycles. The van der Waals surface area contributed by atoms with Crippen LogP contribution in [0.25, 0.3) is 0 Å². The maximum Gasteiger partial charge on any atom is 0.239 e. The topological polar surface area (TPSA) is 90.5 Å². The molecular formula is C16H21FN4O3. The van der Waals surface area contributed by atoms with E-state index in [1.165, 1.54) is 19.2 Å². The first-order valence-electron chi connectivity index (χ1n) is 7.73. The molecule has 3 N–H and O–H groups in total. The van der Waals surface area contributed by atoms with Crippen LogP contribution in [-0.2, 0) is 20.9 Å². The molecule has 0 spiro atoms. The summed E-state index contributed by atoms with van der Waals surface area (Å²) in [5.74, 6) is -1.28. The molecule has 8 heteroatoms. The van der Waals surface area contributed by atoms with Gasteiger partial charge in [-0.25, -0.2) is 4.39 Å². The number of carbonyl (C=O) groups excluding carboxylic acids is 3. The monoisotopic (exact) mass is 336 g/mol. The largest absolute Gasteiger partial charge is 0.358 e. The maximum atomic E-state index is 13.3. The third-order valence-corrected chi connectivity index (χ3v) is 3.82. The van der Waals surface area contributed by atoms with Gasteiger partial charge in [-0.15, -0.1) is 0 Å². The number of hydrogen-bond donors (Lipinski definition) is 3. The molecule has 130 valence electrons. The second-order valence-corrected chi connectivity index (χ2v) is 5.56. The predicted octanol–water partition coefficient (Wildman–Crippen LogP) is -0.622. The molecule has 1 heterocycles. The van der Waals surface area contributed by atoms with Gasteiger partial charge in [-0.2, -0.15) is 0 Å². The first-order chi connectivity index (χ1) is 11.5. The van der Waals surface area contributed by atoms with Crippen molar-refractivity contribution < 1.29 is 18.8 Å². The van der Waals surface area contributed by atoms with Gasteiger partial charge in [0.15, 0.2) is 0 Å². The fourth-order valence-corrected chi connectivity index (χ4v) is 2.56. The highest BCUT2D eigenvalue weighted by Crippen LogP contribution is 2.14. The molecule has 1 fully saturated rings. The Morgan fingerprint density at radius 1 is 1.38 bits per heavy atom. The number of amides is 3. The van der Waals surface area contributed by atoms with Gasteiger partial charge in [0.25, 0.3) is 0 Å². The summed E-state index contributed by atoms with van der Waals surface area (Å²) >= 11 is 0. The van der Waals surface area contributed by atoms with Gasteiger partial charge >= 0.3 is 0 Å². The lowest BCUT2D eigenvalue weighted by molar-refractivity contribution is -0.134. The molecule has 2 rings (SSSR count). The van der Waals surface area contributed by atoms with Crippen molar-refractivity contribution in [2.45, 2.75) is 19.0 Å². The molecule has 1 saturated heterocycles. The SMILES string of the molecule is CNC(=O)CNC(=O)C[C@H]1C(=O)NCCN1Cc1cccc(F)c1. The second kappa shape index (κ2) is 8.39. The van der Waals surface area contributed by atoms with E-state index in [0.717, 1.165) is 5.56 Å². The Balaban J connectivity index is 1.99. The Hall–Kier alpha value is -2.48. The van der Waals surface area contributed by atoms with Gasteiger partial charge in [0, 0.05) is 26.7 Å². The molecule has 1 aromatic carbocycles. The van der Waals surface area contributed by atoms with Crippen LogP contribution in [-0.4, -0.2) is 55.3 Å². The number of halogens is 1. The van der Waals surface area contributed by atoms with E-state index in [4.69, 9.17) is 0 Å². The van der Waals surface area contributed by atoms with E-state index in [1.807, 2.05) is 4.90 Å². The molecule has 0 unspecified atom stereocenters. The summed E-state index contributed by atoms with van der Waals surface area (Å²) in [6, 6.07) is 5.51. The molecule has 1 aliphatic heterocycles. The van der Waals surface area contributed by atoms with Crippen LogP contribution < -0.4 is 16.0 Å². The number of nitrogens with one attached hydrogen (secondary N) is 3. The molecule has 1 aromatic rings. The Labute approximate surface area is 139 Å². The number of carbonyl (C=O) groups is 3. The Bertz CT molecular complexity index is 623. The zero-order valence-corrected chi connectivity index (χ0v) is 13.5. The fraction of sp³-hybridized carbons (Fsp3) is 0.438. The lowest BCUT2D eigenvalue weighted by Gasteiger charge is -2.34. The van der Waals surface area contributed by atoms with Crippen molar-refractivity contribution in [1.29, 1.82) is 0 Å². The van der Waals surface area contributed by atoms with Crippen LogP contribution in [0.3, 0.4) is 0 Å². The zero-order chi connectivity index (χ0) is 17.5. The van der Waals surface area contributed by atoms with Gasteiger partial charge in [0.2, 0.25) is 17.7 Å². The third kappa shape index (κ3) is 5.02. The van der Waals surface area contributed by atoms with Crippen molar-refractivity contribution in [1.82, 2.24) is 20.9 Å². The van der Waals surface area contributed by atoms with Crippen LogP contribution in [0, 0.1) is 5.82 Å². The summed E-state index contributed by atoms with van der Waals surface area (Å²) in [5, 5.41) is 7.60. The van der Waals surface area contributed by atoms with E-state index in [2.05, 4.69) is 16.0 Å². The van der Waals surface area contributed by atoms with Gasteiger partial charge in [0.1, 0.15) is 5.82 Å². The van der Waals surface area contributed by atoms with E-state index in [-0.39, 0.29) is 36.5 Å². The van der Waals surface area contributed by atoms with Crippen molar-refractivity contribution >= 4 is 17.7 Å². The van der Waals surface area contributed by atoms with E-state index in [9.17, 15) is 18.8 Å².